The van der Waals surface area contributed by atoms with Gasteiger partial charge in [0.1, 0.15) is 6.11 Å². The predicted molar refractivity (Wildman–Crippen MR) is 143 cm³/mol. The van der Waals surface area contributed by atoms with Crippen LogP contribution in [0.5, 0.6) is 0 Å². The first kappa shape index (κ1) is 31.6. The van der Waals surface area contributed by atoms with Gasteiger partial charge < -0.3 is 9.47 Å². The first-order chi connectivity index (χ1) is 17.2. The maximum atomic E-state index is 11.7. The first-order valence-electron chi connectivity index (χ1n) is 12.1. The van der Waals surface area contributed by atoms with Gasteiger partial charge in [0.15, 0.2) is 0 Å². The van der Waals surface area contributed by atoms with E-state index in [1.165, 1.54) is 63.1 Å². The summed E-state index contributed by atoms with van der Waals surface area (Å²) in [6, 6.07) is 0. The molecule has 0 bridgehead atoms. The van der Waals surface area contributed by atoms with Crippen molar-refractivity contribution in [3.05, 3.63) is 0 Å². The average molecular weight is 491 g/mol. The zero-order chi connectivity index (χ0) is 25.7. The third-order valence-electron chi connectivity index (χ3n) is 4.45. The van der Waals surface area contributed by atoms with Crippen LogP contribution in [0.3, 0.4) is 0 Å². The molecule has 0 spiro atoms. The second-order valence-electron chi connectivity index (χ2n) is 7.36. The molecule has 0 N–H and O–H groups in total. The van der Waals surface area contributed by atoms with Crippen LogP contribution in [0.4, 0.5) is 0 Å². The summed E-state index contributed by atoms with van der Waals surface area (Å²) < 4.78 is 10.0. The molecule has 184 valence electrons. The number of hydrogen-bond acceptors (Lipinski definition) is 5. The van der Waals surface area contributed by atoms with Crippen LogP contribution >= 0.6 is 11.8 Å². The lowest BCUT2D eigenvalue weighted by Gasteiger charge is -2.05. The zero-order valence-electron chi connectivity index (χ0n) is 20.7. The van der Waals surface area contributed by atoms with Crippen LogP contribution < -0.4 is 0 Å². The van der Waals surface area contributed by atoms with Gasteiger partial charge in [0.2, 0.25) is 0 Å². The fourth-order valence-electron chi connectivity index (χ4n) is 2.67. The van der Waals surface area contributed by atoms with Crippen molar-refractivity contribution in [2.45, 2.75) is 84.0 Å². The fraction of sp³-hybridized carbons (Fsp3) is 0.533. The molecule has 0 aromatic heterocycles. The predicted octanol–water partition coefficient (Wildman–Crippen LogP) is 5.11. The molecule has 0 aliphatic carbocycles. The van der Waals surface area contributed by atoms with Crippen LogP contribution in [0.25, 0.3) is 0 Å². The number of carbonyl (C=O) groups is 2. The van der Waals surface area contributed by atoms with Gasteiger partial charge in [-0.1, -0.05) is 64.7 Å². The van der Waals surface area contributed by atoms with Gasteiger partial charge in [0, 0.05) is 41.1 Å². The Balaban J connectivity index is 3.61. The highest BCUT2D eigenvalue weighted by atomic mass is 32.2. The molecule has 0 aliphatic rings. The van der Waals surface area contributed by atoms with Crippen molar-refractivity contribution in [2.24, 2.45) is 0 Å². The minimum Gasteiger partial charge on any atom is -0.466 e. The van der Waals surface area contributed by atoms with Crippen molar-refractivity contribution in [1.29, 1.82) is 0 Å². The Bertz CT molecular complexity index is 963. The molecule has 0 aromatic carbocycles. The van der Waals surface area contributed by atoms with Gasteiger partial charge >= 0.3 is 11.9 Å². The summed E-state index contributed by atoms with van der Waals surface area (Å²) in [5.41, 5.74) is 0. The molecule has 0 atom stereocenters. The van der Waals surface area contributed by atoms with Gasteiger partial charge in [0.25, 0.3) is 0 Å². The van der Waals surface area contributed by atoms with E-state index in [1.807, 2.05) is 0 Å². The van der Waals surface area contributed by atoms with E-state index in [0.717, 1.165) is 12.8 Å². The Morgan fingerprint density at radius 3 is 1.71 bits per heavy atom. The van der Waals surface area contributed by atoms with Gasteiger partial charge in [-0.3, -0.25) is 9.59 Å². The molecule has 0 aliphatic heterocycles. The van der Waals surface area contributed by atoms with Gasteiger partial charge in [-0.2, -0.15) is 11.8 Å². The van der Waals surface area contributed by atoms with E-state index in [4.69, 9.17) is 15.9 Å². The highest BCUT2D eigenvalue weighted by molar-refractivity contribution is 7.99. The molecular weight excluding hydrogens is 456 g/mol. The van der Waals surface area contributed by atoms with E-state index < -0.39 is 5.97 Å². The Labute approximate surface area is 216 Å². The molecule has 0 saturated carbocycles. The Morgan fingerprint density at radius 2 is 1.14 bits per heavy atom. The molecule has 0 saturated heterocycles. The third-order valence-corrected chi connectivity index (χ3v) is 5.44. The van der Waals surface area contributed by atoms with E-state index in [-0.39, 0.29) is 12.4 Å². The lowest BCUT2D eigenvalue weighted by molar-refractivity contribution is -0.143. The second-order valence-corrected chi connectivity index (χ2v) is 8.59. The van der Waals surface area contributed by atoms with Crippen molar-refractivity contribution in [2.75, 3.05) is 18.1 Å². The number of hydrogen-bond donors (Lipinski definition) is 0. The monoisotopic (exact) mass is 490 g/mol. The first-order valence-corrected chi connectivity index (χ1v) is 13.2. The van der Waals surface area contributed by atoms with Crippen molar-refractivity contribution in [3.8, 4) is 71.7 Å². The number of esters is 2. The van der Waals surface area contributed by atoms with Crippen LogP contribution in [0.15, 0.2) is 0 Å². The smallest absolute Gasteiger partial charge is 0.320 e. The normalized spacial score (nSPS) is 8.46. The topological polar surface area (TPSA) is 52.6 Å². The van der Waals surface area contributed by atoms with Gasteiger partial charge in [-0.05, 0) is 36.0 Å². The molecular formula is C30H34O4S. The van der Waals surface area contributed by atoms with Gasteiger partial charge in [-0.25, -0.2) is 0 Å². The summed E-state index contributed by atoms with van der Waals surface area (Å²) in [6.07, 6.45) is 20.2. The van der Waals surface area contributed by atoms with E-state index in [9.17, 15) is 9.59 Å². The summed E-state index contributed by atoms with van der Waals surface area (Å²) in [5.74, 6) is 24.4. The fourth-order valence-corrected chi connectivity index (χ4v) is 3.50. The van der Waals surface area contributed by atoms with Gasteiger partial charge in [-0.15, -0.1) is 6.42 Å². The van der Waals surface area contributed by atoms with E-state index >= 15 is 0 Å². The van der Waals surface area contributed by atoms with Crippen LogP contribution in [0.2, 0.25) is 0 Å². The molecule has 35 heavy (non-hydrogen) atoms. The molecule has 5 heteroatoms. The lowest BCUT2D eigenvalue weighted by atomic mass is 10.1. The van der Waals surface area contributed by atoms with E-state index in [0.29, 0.717) is 24.5 Å². The number of rotatable bonds is 17. The third kappa shape index (κ3) is 26.8. The van der Waals surface area contributed by atoms with Crippen LogP contribution in [0, 0.1) is 71.7 Å². The summed E-state index contributed by atoms with van der Waals surface area (Å²) in [4.78, 5) is 23.3. The van der Waals surface area contributed by atoms with Crippen molar-refractivity contribution >= 4 is 23.7 Å². The number of ether oxygens (including phenoxy) is 2. The Hall–Kier alpha value is -3.35. The molecule has 0 unspecified atom stereocenters. The molecule has 0 heterocycles. The number of carbonyl (C=O) groups excluding carboxylic acids is 2. The molecule has 0 amide bonds. The molecule has 0 rings (SSSR count). The van der Waals surface area contributed by atoms with Crippen molar-refractivity contribution < 1.29 is 19.1 Å². The number of thioether (sulfide) groups is 1. The maximum Gasteiger partial charge on any atom is 0.320 e. The molecule has 0 fully saturated rings. The average Bonchev–Trinajstić information content (AvgIpc) is 2.85. The highest BCUT2D eigenvalue weighted by Crippen LogP contribution is 2.11. The summed E-state index contributed by atoms with van der Waals surface area (Å²) in [5, 5.41) is 0. The van der Waals surface area contributed by atoms with Crippen molar-refractivity contribution in [3.63, 3.8) is 0 Å². The summed E-state index contributed by atoms with van der Waals surface area (Å²) in [6.45, 7) is 2.73. The summed E-state index contributed by atoms with van der Waals surface area (Å²) in [7, 11) is 0. The Morgan fingerprint density at radius 1 is 0.657 bits per heavy atom. The van der Waals surface area contributed by atoms with Gasteiger partial charge in [0.05, 0.1) is 19.4 Å². The second kappa shape index (κ2) is 26.9. The van der Waals surface area contributed by atoms with Crippen LogP contribution in [-0.4, -0.2) is 30.1 Å². The van der Waals surface area contributed by atoms with E-state index in [1.54, 1.807) is 0 Å². The maximum absolute atomic E-state index is 11.7. The Kier molecular flexibility index (Phi) is 24.3. The molecule has 0 aromatic rings. The van der Waals surface area contributed by atoms with Crippen molar-refractivity contribution in [1.82, 2.24) is 0 Å². The lowest BCUT2D eigenvalue weighted by Crippen LogP contribution is -2.07. The van der Waals surface area contributed by atoms with E-state index in [2.05, 4.69) is 72.2 Å². The quantitative estimate of drug-likeness (QED) is 0.161. The summed E-state index contributed by atoms with van der Waals surface area (Å²) >= 11 is 1.50. The number of terminal acetylenes is 1. The largest absolute Gasteiger partial charge is 0.466 e. The van der Waals surface area contributed by atoms with Crippen LogP contribution in [0.1, 0.15) is 84.0 Å². The number of unbranched alkanes of at least 4 members (excludes halogenated alkanes) is 9. The van der Waals surface area contributed by atoms with Crippen LogP contribution in [-0.2, 0) is 19.1 Å². The SMILES string of the molecule is C#CC#CC#CC#CC#CC#COC(=O)CCSCCC(=O)OCCCCCCCCCCCC. The standard InChI is InChI=1S/C30H34O4S/c1-3-5-7-9-11-13-15-17-19-21-25-33-29(31)23-27-35-28-24-30(32)34-26-22-20-18-16-14-12-10-8-6-4-2/h1H,4,6,8,10,12,14,16,18,20,22-24,26-28H2,2H3. The zero-order valence-corrected chi connectivity index (χ0v) is 21.5. The minimum atomic E-state index is -0.445. The minimum absolute atomic E-state index is 0.185. The highest BCUT2D eigenvalue weighted by Gasteiger charge is 2.05. The molecule has 0 radical (unpaired) electrons. The molecule has 4 nitrogen and oxygen atoms in total.